The van der Waals surface area contributed by atoms with Gasteiger partial charge in [0.15, 0.2) is 0 Å². The van der Waals surface area contributed by atoms with Gasteiger partial charge < -0.3 is 5.32 Å². The van der Waals surface area contributed by atoms with E-state index in [2.05, 4.69) is 16.3 Å². The van der Waals surface area contributed by atoms with E-state index in [4.69, 9.17) is 5.26 Å². The summed E-state index contributed by atoms with van der Waals surface area (Å²) in [5.74, 6) is 1.76. The maximum atomic E-state index is 12.2. The molecular formula is C19H25N3O. The molecular weight excluding hydrogens is 286 g/mol. The lowest BCUT2D eigenvalue weighted by atomic mass is 9.75. The Bertz CT molecular complexity index is 575. The molecule has 4 heteroatoms. The molecule has 0 spiro atoms. The minimum Gasteiger partial charge on any atom is -0.325 e. The van der Waals surface area contributed by atoms with Crippen LogP contribution in [0.5, 0.6) is 0 Å². The maximum absolute atomic E-state index is 12.2. The highest BCUT2D eigenvalue weighted by atomic mass is 16.2. The highest BCUT2D eigenvalue weighted by molar-refractivity contribution is 5.92. The van der Waals surface area contributed by atoms with Gasteiger partial charge in [-0.25, -0.2) is 0 Å². The summed E-state index contributed by atoms with van der Waals surface area (Å²) in [5, 5.41) is 11.6. The van der Waals surface area contributed by atoms with E-state index in [1.807, 2.05) is 24.3 Å². The van der Waals surface area contributed by atoms with Gasteiger partial charge in [-0.05, 0) is 48.9 Å². The van der Waals surface area contributed by atoms with Crippen LogP contribution in [0.25, 0.3) is 0 Å². The average Bonchev–Trinajstić information content (AvgIpc) is 2.57. The van der Waals surface area contributed by atoms with Crippen LogP contribution in [0.2, 0.25) is 0 Å². The molecule has 122 valence electrons. The molecule has 2 atom stereocenters. The van der Waals surface area contributed by atoms with Gasteiger partial charge in [0, 0.05) is 12.2 Å². The van der Waals surface area contributed by atoms with Crippen molar-refractivity contribution >= 4 is 11.6 Å². The van der Waals surface area contributed by atoms with E-state index < -0.39 is 0 Å². The predicted octanol–water partition coefficient (Wildman–Crippen LogP) is 3.20. The van der Waals surface area contributed by atoms with Crippen LogP contribution in [0.1, 0.15) is 37.7 Å². The topological polar surface area (TPSA) is 56.1 Å². The summed E-state index contributed by atoms with van der Waals surface area (Å²) in [5.41, 5.74) is 1.79. The first-order valence-electron chi connectivity index (χ1n) is 8.72. The molecule has 1 aliphatic carbocycles. The Morgan fingerprint density at radius 1 is 1.17 bits per heavy atom. The molecule has 1 aromatic carbocycles. The fourth-order valence-electron chi connectivity index (χ4n) is 4.02. The van der Waals surface area contributed by atoms with Crippen molar-refractivity contribution < 1.29 is 4.79 Å². The number of hydrogen-bond acceptors (Lipinski definition) is 3. The molecule has 1 saturated carbocycles. The molecule has 0 aromatic heterocycles. The second kappa shape index (κ2) is 7.61. The molecule has 1 N–H and O–H groups in total. The number of likely N-dealkylation sites (tertiary alicyclic amines) is 1. The Morgan fingerprint density at radius 3 is 2.65 bits per heavy atom. The Hall–Kier alpha value is -1.86. The van der Waals surface area contributed by atoms with Crippen LogP contribution < -0.4 is 5.32 Å². The van der Waals surface area contributed by atoms with Gasteiger partial charge in [-0.3, -0.25) is 9.69 Å². The largest absolute Gasteiger partial charge is 0.325 e. The van der Waals surface area contributed by atoms with Crippen LogP contribution in [0, 0.1) is 23.2 Å². The summed E-state index contributed by atoms with van der Waals surface area (Å²) in [6.07, 6.45) is 7.13. The van der Waals surface area contributed by atoms with Crippen LogP contribution >= 0.6 is 0 Å². The zero-order valence-electron chi connectivity index (χ0n) is 13.6. The van der Waals surface area contributed by atoms with Crippen molar-refractivity contribution in [1.29, 1.82) is 5.26 Å². The Morgan fingerprint density at radius 2 is 1.91 bits per heavy atom. The second-order valence-corrected chi connectivity index (χ2v) is 6.91. The summed E-state index contributed by atoms with van der Waals surface area (Å²) in [7, 11) is 0. The number of rotatable bonds is 4. The third-order valence-corrected chi connectivity index (χ3v) is 5.26. The summed E-state index contributed by atoms with van der Waals surface area (Å²) >= 11 is 0. The first-order chi connectivity index (χ1) is 11.2. The van der Waals surface area contributed by atoms with Crippen molar-refractivity contribution in [2.24, 2.45) is 11.8 Å². The molecule has 4 nitrogen and oxygen atoms in total. The van der Waals surface area contributed by atoms with Gasteiger partial charge in [0.05, 0.1) is 19.0 Å². The molecule has 1 saturated heterocycles. The van der Waals surface area contributed by atoms with E-state index in [9.17, 15) is 4.79 Å². The normalized spacial score (nSPS) is 24.5. The molecule has 23 heavy (non-hydrogen) atoms. The Balaban J connectivity index is 1.48. The molecule has 2 aliphatic rings. The molecule has 1 aliphatic heterocycles. The van der Waals surface area contributed by atoms with Crippen LogP contribution in [0.4, 0.5) is 5.69 Å². The quantitative estimate of drug-likeness (QED) is 0.929. The van der Waals surface area contributed by atoms with Gasteiger partial charge in [0.2, 0.25) is 5.91 Å². The summed E-state index contributed by atoms with van der Waals surface area (Å²) in [4.78, 5) is 14.6. The van der Waals surface area contributed by atoms with Crippen LogP contribution in [0.15, 0.2) is 24.3 Å². The number of fused-ring (bicyclic) bond motifs is 1. The molecule has 2 fully saturated rings. The van der Waals surface area contributed by atoms with E-state index in [1.165, 1.54) is 32.1 Å². The van der Waals surface area contributed by atoms with Crippen LogP contribution in [0.3, 0.4) is 0 Å². The SMILES string of the molecule is N#CCc1ccc(NC(=O)CN2CC[C@H]3CCCC[C@@H]3C2)cc1. The monoisotopic (exact) mass is 311 g/mol. The van der Waals surface area contributed by atoms with Gasteiger partial charge >= 0.3 is 0 Å². The fourth-order valence-corrected chi connectivity index (χ4v) is 4.02. The van der Waals surface area contributed by atoms with Crippen molar-refractivity contribution in [2.45, 2.75) is 38.5 Å². The van der Waals surface area contributed by atoms with Gasteiger partial charge in [0.25, 0.3) is 0 Å². The summed E-state index contributed by atoms with van der Waals surface area (Å²) in [6.45, 7) is 2.62. The summed E-state index contributed by atoms with van der Waals surface area (Å²) < 4.78 is 0. The van der Waals surface area contributed by atoms with Crippen molar-refractivity contribution in [3.05, 3.63) is 29.8 Å². The van der Waals surface area contributed by atoms with E-state index >= 15 is 0 Å². The lowest BCUT2D eigenvalue weighted by Gasteiger charge is -2.41. The van der Waals surface area contributed by atoms with Crippen molar-refractivity contribution in [1.82, 2.24) is 4.90 Å². The number of nitriles is 1. The fraction of sp³-hybridized carbons (Fsp3) is 0.579. The number of benzene rings is 1. The first-order valence-corrected chi connectivity index (χ1v) is 8.72. The van der Waals surface area contributed by atoms with E-state index in [0.717, 1.165) is 36.2 Å². The average molecular weight is 311 g/mol. The molecule has 3 rings (SSSR count). The molecule has 0 unspecified atom stereocenters. The van der Waals surface area contributed by atoms with Gasteiger partial charge in [-0.1, -0.05) is 31.4 Å². The number of carbonyl (C=O) groups excluding carboxylic acids is 1. The van der Waals surface area contributed by atoms with E-state index in [0.29, 0.717) is 13.0 Å². The molecule has 1 heterocycles. The third-order valence-electron chi connectivity index (χ3n) is 5.26. The molecule has 1 aromatic rings. The number of nitrogens with zero attached hydrogens (tertiary/aromatic N) is 2. The highest BCUT2D eigenvalue weighted by Crippen LogP contribution is 2.35. The van der Waals surface area contributed by atoms with Gasteiger partial charge in [-0.15, -0.1) is 0 Å². The molecule has 0 bridgehead atoms. The third kappa shape index (κ3) is 4.33. The number of amides is 1. The second-order valence-electron chi connectivity index (χ2n) is 6.91. The molecule has 0 radical (unpaired) electrons. The smallest absolute Gasteiger partial charge is 0.238 e. The number of hydrogen-bond donors (Lipinski definition) is 1. The number of carbonyl (C=O) groups is 1. The minimum absolute atomic E-state index is 0.0623. The van der Waals surface area contributed by atoms with Crippen molar-refractivity contribution in [3.63, 3.8) is 0 Å². The number of nitrogens with one attached hydrogen (secondary N) is 1. The highest BCUT2D eigenvalue weighted by Gasteiger charge is 2.31. The van der Waals surface area contributed by atoms with E-state index in [1.54, 1.807) is 0 Å². The van der Waals surface area contributed by atoms with E-state index in [-0.39, 0.29) is 5.91 Å². The lowest BCUT2D eigenvalue weighted by molar-refractivity contribution is -0.118. The number of piperidine rings is 1. The maximum Gasteiger partial charge on any atom is 0.238 e. The standard InChI is InChI=1S/C19H25N3O/c20-11-9-15-5-7-18(8-6-15)21-19(23)14-22-12-10-16-3-1-2-4-17(16)13-22/h5-8,16-17H,1-4,9-10,12-14H2,(H,21,23)/t16-,17-/m1/s1. The first kappa shape index (κ1) is 16.0. The van der Waals surface area contributed by atoms with Crippen molar-refractivity contribution in [2.75, 3.05) is 25.0 Å². The Labute approximate surface area is 138 Å². The zero-order chi connectivity index (χ0) is 16.1. The zero-order valence-corrected chi connectivity index (χ0v) is 13.6. The van der Waals surface area contributed by atoms with Gasteiger partial charge in [0.1, 0.15) is 0 Å². The van der Waals surface area contributed by atoms with Crippen LogP contribution in [-0.4, -0.2) is 30.4 Å². The predicted molar refractivity (Wildman–Crippen MR) is 90.9 cm³/mol. The minimum atomic E-state index is 0.0623. The Kier molecular flexibility index (Phi) is 5.30. The number of anilines is 1. The lowest BCUT2D eigenvalue weighted by Crippen LogP contribution is -2.44. The van der Waals surface area contributed by atoms with Crippen LogP contribution in [-0.2, 0) is 11.2 Å². The molecule has 1 amide bonds. The van der Waals surface area contributed by atoms with Crippen molar-refractivity contribution in [3.8, 4) is 6.07 Å². The summed E-state index contributed by atoms with van der Waals surface area (Å²) in [6, 6.07) is 9.66. The van der Waals surface area contributed by atoms with Gasteiger partial charge in [-0.2, -0.15) is 5.26 Å².